The Labute approximate surface area is 252 Å². The quantitative estimate of drug-likeness (QED) is 0.216. The van der Waals surface area contributed by atoms with Gasteiger partial charge in [-0.05, 0) is 72.3 Å². The molecule has 0 aliphatic carbocycles. The first-order chi connectivity index (χ1) is 21.7. The van der Waals surface area contributed by atoms with Gasteiger partial charge in [-0.2, -0.15) is 15.8 Å². The molecular weight excluding hydrogens is 538 g/mol. The van der Waals surface area contributed by atoms with E-state index >= 15 is 0 Å². The van der Waals surface area contributed by atoms with Crippen LogP contribution in [-0.2, 0) is 0 Å². The van der Waals surface area contributed by atoms with E-state index in [1.54, 1.807) is 0 Å². The number of nitrogens with zero attached hydrogens (tertiary/aromatic N) is 5. The number of para-hydroxylation sites is 3. The van der Waals surface area contributed by atoms with Gasteiger partial charge in [0.15, 0.2) is 0 Å². The number of aromatic nitrogens is 2. The third-order valence-corrected chi connectivity index (χ3v) is 8.42. The Morgan fingerprint density at radius 1 is 0.455 bits per heavy atom. The number of fused-ring (bicyclic) bond motifs is 6. The summed E-state index contributed by atoms with van der Waals surface area (Å²) in [7, 11) is 0. The van der Waals surface area contributed by atoms with Crippen molar-refractivity contribution in [1.82, 2.24) is 9.13 Å². The zero-order valence-corrected chi connectivity index (χ0v) is 23.4. The lowest BCUT2D eigenvalue weighted by Gasteiger charge is -2.13. The minimum Gasteiger partial charge on any atom is -0.309 e. The van der Waals surface area contributed by atoms with E-state index in [9.17, 15) is 15.8 Å². The molecule has 0 fully saturated rings. The van der Waals surface area contributed by atoms with Crippen LogP contribution in [0.15, 0.2) is 127 Å². The highest BCUT2D eigenvalue weighted by atomic mass is 15.0. The van der Waals surface area contributed by atoms with Crippen molar-refractivity contribution in [2.75, 3.05) is 0 Å². The van der Waals surface area contributed by atoms with Crippen molar-refractivity contribution in [3.63, 3.8) is 0 Å². The van der Waals surface area contributed by atoms with Crippen LogP contribution in [0.5, 0.6) is 0 Å². The Morgan fingerprint density at radius 3 is 1.98 bits per heavy atom. The van der Waals surface area contributed by atoms with Crippen molar-refractivity contribution in [3.8, 4) is 40.7 Å². The molecular formula is C39H21N5. The predicted octanol–water partition coefficient (Wildman–Crippen LogP) is 9.16. The summed E-state index contributed by atoms with van der Waals surface area (Å²) in [5.74, 6) is 0. The average Bonchev–Trinajstić information content (AvgIpc) is 3.60. The lowest BCUT2D eigenvalue weighted by molar-refractivity contribution is 1.17. The number of nitriles is 3. The summed E-state index contributed by atoms with van der Waals surface area (Å²) in [4.78, 5) is 0. The van der Waals surface area contributed by atoms with Crippen molar-refractivity contribution < 1.29 is 0 Å². The van der Waals surface area contributed by atoms with Gasteiger partial charge < -0.3 is 9.13 Å². The highest BCUT2D eigenvalue weighted by molar-refractivity contribution is 6.15. The fourth-order valence-electron chi connectivity index (χ4n) is 6.49. The molecule has 0 atom stereocenters. The molecule has 0 aliphatic heterocycles. The molecule has 0 saturated heterocycles. The molecule has 2 heterocycles. The molecule has 5 heteroatoms. The Hall–Kier alpha value is -6.61. The van der Waals surface area contributed by atoms with E-state index in [0.717, 1.165) is 66.1 Å². The van der Waals surface area contributed by atoms with Gasteiger partial charge in [0, 0.05) is 32.8 Å². The van der Waals surface area contributed by atoms with Crippen LogP contribution in [0, 0.1) is 34.0 Å². The zero-order valence-electron chi connectivity index (χ0n) is 23.4. The summed E-state index contributed by atoms with van der Waals surface area (Å²) in [6.07, 6.45) is 0. The first kappa shape index (κ1) is 25.1. The first-order valence-corrected chi connectivity index (χ1v) is 14.2. The fraction of sp³-hybridized carbons (Fsp3) is 0. The third-order valence-electron chi connectivity index (χ3n) is 8.42. The largest absolute Gasteiger partial charge is 0.309 e. The lowest BCUT2D eigenvalue weighted by Crippen LogP contribution is -1.98. The van der Waals surface area contributed by atoms with E-state index in [-0.39, 0.29) is 0 Å². The molecule has 0 saturated carbocycles. The minimum atomic E-state index is 0.573. The second-order valence-corrected chi connectivity index (χ2v) is 10.8. The highest BCUT2D eigenvalue weighted by Gasteiger charge is 2.19. The molecule has 0 spiro atoms. The number of benzene rings is 6. The van der Waals surface area contributed by atoms with Gasteiger partial charge in [-0.15, -0.1) is 0 Å². The SMILES string of the molecule is N#Cc1ccc(-n2c3ccccc3c3cccc(-c4ccc5c6cc(C#N)ccc6n(-c6ccccc6C#N)c5c4)c32)cc1. The molecule has 8 rings (SSSR count). The van der Waals surface area contributed by atoms with Crippen molar-refractivity contribution in [2.24, 2.45) is 0 Å². The Morgan fingerprint density at radius 2 is 1.16 bits per heavy atom. The maximum absolute atomic E-state index is 10.0. The van der Waals surface area contributed by atoms with Crippen LogP contribution in [0.2, 0.25) is 0 Å². The van der Waals surface area contributed by atoms with E-state index in [4.69, 9.17) is 0 Å². The second-order valence-electron chi connectivity index (χ2n) is 10.8. The van der Waals surface area contributed by atoms with Gasteiger partial charge in [0.25, 0.3) is 0 Å². The van der Waals surface area contributed by atoms with Crippen molar-refractivity contribution in [2.45, 2.75) is 0 Å². The summed E-state index contributed by atoms with van der Waals surface area (Å²) in [6.45, 7) is 0. The van der Waals surface area contributed by atoms with Crippen LogP contribution in [-0.4, -0.2) is 9.13 Å². The summed E-state index contributed by atoms with van der Waals surface area (Å²) in [5.41, 5.74) is 9.68. The van der Waals surface area contributed by atoms with Gasteiger partial charge in [0.05, 0.1) is 56.6 Å². The number of rotatable bonds is 3. The Bertz CT molecular complexity index is 2580. The van der Waals surface area contributed by atoms with Crippen LogP contribution >= 0.6 is 0 Å². The molecule has 8 aromatic rings. The van der Waals surface area contributed by atoms with Gasteiger partial charge in [-0.1, -0.05) is 60.7 Å². The molecule has 6 aromatic carbocycles. The van der Waals surface area contributed by atoms with E-state index in [0.29, 0.717) is 16.7 Å². The van der Waals surface area contributed by atoms with E-state index < -0.39 is 0 Å². The number of hydrogen-bond acceptors (Lipinski definition) is 3. The van der Waals surface area contributed by atoms with Gasteiger partial charge in [0.2, 0.25) is 0 Å². The molecule has 0 unspecified atom stereocenters. The van der Waals surface area contributed by atoms with E-state index in [2.05, 4.69) is 81.9 Å². The molecule has 202 valence electrons. The maximum atomic E-state index is 10.0. The smallest absolute Gasteiger partial charge is 0.101 e. The monoisotopic (exact) mass is 559 g/mol. The fourth-order valence-corrected chi connectivity index (χ4v) is 6.49. The van der Waals surface area contributed by atoms with Crippen molar-refractivity contribution >= 4 is 43.6 Å². The molecule has 0 radical (unpaired) electrons. The summed E-state index contributed by atoms with van der Waals surface area (Å²) in [6, 6.07) is 49.1. The van der Waals surface area contributed by atoms with Crippen LogP contribution in [0.1, 0.15) is 16.7 Å². The molecule has 0 amide bonds. The van der Waals surface area contributed by atoms with E-state index in [1.807, 2.05) is 72.8 Å². The summed E-state index contributed by atoms with van der Waals surface area (Å²) < 4.78 is 4.40. The minimum absolute atomic E-state index is 0.573. The third kappa shape index (κ3) is 3.63. The molecule has 0 bridgehead atoms. The van der Waals surface area contributed by atoms with E-state index in [1.165, 1.54) is 0 Å². The first-order valence-electron chi connectivity index (χ1n) is 14.2. The Balaban J connectivity index is 1.47. The summed E-state index contributed by atoms with van der Waals surface area (Å²) >= 11 is 0. The molecule has 44 heavy (non-hydrogen) atoms. The van der Waals surface area contributed by atoms with Crippen LogP contribution in [0.4, 0.5) is 0 Å². The van der Waals surface area contributed by atoms with Crippen molar-refractivity contribution in [1.29, 1.82) is 15.8 Å². The molecule has 0 N–H and O–H groups in total. The summed E-state index contributed by atoms with van der Waals surface area (Å²) in [5, 5.41) is 33.3. The standard InChI is InChI=1S/C39H21N5/c40-22-25-12-16-29(17-13-25)43-36-11-4-2-7-31(36)33-9-5-8-30(39(33)43)27-15-18-32-34-20-26(23-41)14-19-37(34)44(38(32)21-27)35-10-3-1-6-28(35)24-42/h1-21H. The molecule has 0 aliphatic rings. The van der Waals surface area contributed by atoms with Crippen LogP contribution < -0.4 is 0 Å². The highest BCUT2D eigenvalue weighted by Crippen LogP contribution is 2.41. The average molecular weight is 560 g/mol. The Kier molecular flexibility index (Phi) is 5.56. The zero-order chi connectivity index (χ0) is 29.8. The maximum Gasteiger partial charge on any atom is 0.101 e. The molecule has 5 nitrogen and oxygen atoms in total. The van der Waals surface area contributed by atoms with Crippen LogP contribution in [0.25, 0.3) is 66.1 Å². The predicted molar refractivity (Wildman–Crippen MR) is 175 cm³/mol. The van der Waals surface area contributed by atoms with Gasteiger partial charge in [-0.3, -0.25) is 0 Å². The van der Waals surface area contributed by atoms with Crippen LogP contribution in [0.3, 0.4) is 0 Å². The van der Waals surface area contributed by atoms with Crippen molar-refractivity contribution in [3.05, 3.63) is 144 Å². The second kappa shape index (κ2) is 9.74. The molecule has 2 aromatic heterocycles. The normalized spacial score (nSPS) is 11.1. The topological polar surface area (TPSA) is 81.2 Å². The van der Waals surface area contributed by atoms with Gasteiger partial charge in [0.1, 0.15) is 6.07 Å². The lowest BCUT2D eigenvalue weighted by atomic mass is 10.00. The van der Waals surface area contributed by atoms with Gasteiger partial charge in [-0.25, -0.2) is 0 Å². The van der Waals surface area contributed by atoms with Gasteiger partial charge >= 0.3 is 0 Å². The number of hydrogen-bond donors (Lipinski definition) is 0.